The predicted molar refractivity (Wildman–Crippen MR) is 88.6 cm³/mol. The molecular formula is C17H15ClFNO3S. The van der Waals surface area contributed by atoms with Crippen molar-refractivity contribution in [3.05, 3.63) is 56.5 Å². The van der Waals surface area contributed by atoms with Crippen molar-refractivity contribution in [3.63, 3.8) is 0 Å². The van der Waals surface area contributed by atoms with Crippen LogP contribution in [0.1, 0.15) is 37.2 Å². The molecule has 0 aromatic heterocycles. The number of benzene rings is 1. The van der Waals surface area contributed by atoms with E-state index < -0.39 is 21.6 Å². The van der Waals surface area contributed by atoms with Crippen LogP contribution >= 0.6 is 11.6 Å². The number of Topliss-reactive ketones (excluding diaryl/α,β-unsaturated/α-hetero) is 1. The van der Waals surface area contributed by atoms with E-state index in [0.29, 0.717) is 36.1 Å². The minimum atomic E-state index is -3.45. The van der Waals surface area contributed by atoms with Gasteiger partial charge in [0.2, 0.25) is 0 Å². The SMILES string of the molecule is O=C1CCCC2=C1[C@H](c1ccc(F)c(Cl)c1)C1=C(CCS1(=O)=O)N2. The molecule has 7 heteroatoms. The van der Waals surface area contributed by atoms with Gasteiger partial charge in [0.25, 0.3) is 0 Å². The van der Waals surface area contributed by atoms with Crippen molar-refractivity contribution >= 4 is 27.2 Å². The number of nitrogens with one attached hydrogen (secondary N) is 1. The number of hydrogen-bond acceptors (Lipinski definition) is 4. The zero-order valence-electron chi connectivity index (χ0n) is 12.7. The van der Waals surface area contributed by atoms with Crippen molar-refractivity contribution in [2.45, 2.75) is 31.6 Å². The van der Waals surface area contributed by atoms with Crippen LogP contribution in [-0.4, -0.2) is 20.0 Å². The van der Waals surface area contributed by atoms with Crippen LogP contribution in [0.4, 0.5) is 4.39 Å². The first-order valence-corrected chi connectivity index (χ1v) is 9.85. The van der Waals surface area contributed by atoms with E-state index in [1.54, 1.807) is 0 Å². The fraction of sp³-hybridized carbons (Fsp3) is 0.353. The lowest BCUT2D eigenvalue weighted by molar-refractivity contribution is -0.116. The van der Waals surface area contributed by atoms with Gasteiger partial charge in [0.15, 0.2) is 15.6 Å². The Balaban J connectivity index is 1.96. The van der Waals surface area contributed by atoms with Gasteiger partial charge in [0, 0.05) is 29.8 Å². The molecule has 1 aromatic rings. The highest BCUT2D eigenvalue weighted by Crippen LogP contribution is 2.47. The Bertz CT molecular complexity index is 933. The molecule has 2 aliphatic heterocycles. The molecule has 0 fully saturated rings. The topological polar surface area (TPSA) is 63.2 Å². The highest BCUT2D eigenvalue weighted by atomic mass is 35.5. The van der Waals surface area contributed by atoms with Crippen LogP contribution in [0.5, 0.6) is 0 Å². The first-order valence-electron chi connectivity index (χ1n) is 7.82. The van der Waals surface area contributed by atoms with Crippen LogP contribution in [0.3, 0.4) is 0 Å². The molecule has 4 nitrogen and oxygen atoms in total. The standard InChI is InChI=1S/C17H15ClFNO3S/c18-10-8-9(4-5-11(10)19)15-16-12(2-1-3-14(16)21)20-13-6-7-24(22,23)17(13)15/h4-5,8,15,20H,1-3,6-7H2/t15-/m0/s1. The summed E-state index contributed by atoms with van der Waals surface area (Å²) in [4.78, 5) is 12.8. The Kier molecular flexibility index (Phi) is 3.58. The molecular weight excluding hydrogens is 353 g/mol. The maximum Gasteiger partial charge on any atom is 0.177 e. The third-order valence-electron chi connectivity index (χ3n) is 4.84. The molecule has 0 radical (unpaired) electrons. The molecule has 1 atom stereocenters. The molecule has 24 heavy (non-hydrogen) atoms. The van der Waals surface area contributed by atoms with Gasteiger partial charge in [0.05, 0.1) is 21.6 Å². The summed E-state index contributed by atoms with van der Waals surface area (Å²) < 4.78 is 38.7. The fourth-order valence-electron chi connectivity index (χ4n) is 3.79. The van der Waals surface area contributed by atoms with E-state index >= 15 is 0 Å². The van der Waals surface area contributed by atoms with Gasteiger partial charge < -0.3 is 5.32 Å². The minimum absolute atomic E-state index is 0.0326. The highest BCUT2D eigenvalue weighted by molar-refractivity contribution is 7.95. The van der Waals surface area contributed by atoms with Crippen LogP contribution in [0, 0.1) is 5.82 Å². The number of carbonyl (C=O) groups excluding carboxylic acids is 1. The van der Waals surface area contributed by atoms with Crippen LogP contribution < -0.4 is 5.32 Å². The second kappa shape index (κ2) is 5.43. The van der Waals surface area contributed by atoms with Gasteiger partial charge in [-0.15, -0.1) is 0 Å². The average Bonchev–Trinajstić information content (AvgIpc) is 2.84. The summed E-state index contributed by atoms with van der Waals surface area (Å²) in [6, 6.07) is 4.16. The molecule has 3 aliphatic rings. The molecule has 0 amide bonds. The van der Waals surface area contributed by atoms with Gasteiger partial charge in [-0.2, -0.15) is 0 Å². The Morgan fingerprint density at radius 3 is 2.71 bits per heavy atom. The Labute approximate surface area is 144 Å². The smallest absolute Gasteiger partial charge is 0.177 e. The summed E-state index contributed by atoms with van der Waals surface area (Å²) in [7, 11) is -3.45. The van der Waals surface area contributed by atoms with E-state index in [4.69, 9.17) is 11.6 Å². The third kappa shape index (κ3) is 2.31. The molecule has 2 heterocycles. The summed E-state index contributed by atoms with van der Waals surface area (Å²) in [6.45, 7) is 0. The molecule has 1 aromatic carbocycles. The largest absolute Gasteiger partial charge is 0.361 e. The number of allylic oxidation sites excluding steroid dienone is 4. The van der Waals surface area contributed by atoms with Crippen molar-refractivity contribution in [1.82, 2.24) is 5.32 Å². The second-order valence-electron chi connectivity index (χ2n) is 6.31. The lowest BCUT2D eigenvalue weighted by atomic mass is 9.79. The number of rotatable bonds is 1. The number of dihydropyridines is 1. The van der Waals surface area contributed by atoms with E-state index in [-0.39, 0.29) is 21.5 Å². The van der Waals surface area contributed by atoms with Gasteiger partial charge in [-0.1, -0.05) is 17.7 Å². The molecule has 0 unspecified atom stereocenters. The monoisotopic (exact) mass is 367 g/mol. The van der Waals surface area contributed by atoms with Gasteiger partial charge in [-0.3, -0.25) is 4.79 Å². The van der Waals surface area contributed by atoms with E-state index in [1.807, 2.05) is 0 Å². The Morgan fingerprint density at radius 1 is 1.17 bits per heavy atom. The zero-order valence-corrected chi connectivity index (χ0v) is 14.3. The summed E-state index contributed by atoms with van der Waals surface area (Å²) in [5, 5.41) is 3.11. The minimum Gasteiger partial charge on any atom is -0.361 e. The van der Waals surface area contributed by atoms with Crippen molar-refractivity contribution in [1.29, 1.82) is 0 Å². The van der Waals surface area contributed by atoms with Gasteiger partial charge >= 0.3 is 0 Å². The lowest BCUT2D eigenvalue weighted by Crippen LogP contribution is -2.32. The maximum absolute atomic E-state index is 13.5. The van der Waals surface area contributed by atoms with Crippen LogP contribution in [-0.2, 0) is 14.6 Å². The quantitative estimate of drug-likeness (QED) is 0.828. The predicted octanol–water partition coefficient (Wildman–Crippen LogP) is 3.20. The highest BCUT2D eigenvalue weighted by Gasteiger charge is 2.44. The van der Waals surface area contributed by atoms with Gasteiger partial charge in [0.1, 0.15) is 5.82 Å². The average molecular weight is 368 g/mol. The van der Waals surface area contributed by atoms with Crippen LogP contribution in [0.2, 0.25) is 5.02 Å². The van der Waals surface area contributed by atoms with E-state index in [2.05, 4.69) is 5.32 Å². The van der Waals surface area contributed by atoms with Gasteiger partial charge in [-0.25, -0.2) is 12.8 Å². The maximum atomic E-state index is 13.5. The molecule has 4 rings (SSSR count). The van der Waals surface area contributed by atoms with Crippen molar-refractivity contribution in [2.75, 3.05) is 5.75 Å². The first kappa shape index (κ1) is 15.8. The molecule has 0 spiro atoms. The van der Waals surface area contributed by atoms with Crippen LogP contribution in [0.15, 0.2) is 40.1 Å². The number of halogens is 2. The Morgan fingerprint density at radius 2 is 1.96 bits per heavy atom. The van der Waals surface area contributed by atoms with Gasteiger partial charge in [-0.05, 0) is 30.5 Å². The Hall–Kier alpha value is -1.66. The molecule has 126 valence electrons. The number of hydrogen-bond donors (Lipinski definition) is 1. The van der Waals surface area contributed by atoms with Crippen LogP contribution in [0.25, 0.3) is 0 Å². The number of carbonyl (C=O) groups is 1. The molecule has 0 bridgehead atoms. The normalized spacial score (nSPS) is 25.4. The molecule has 0 saturated carbocycles. The number of ketones is 1. The van der Waals surface area contributed by atoms with Crippen molar-refractivity contribution in [2.24, 2.45) is 0 Å². The second-order valence-corrected chi connectivity index (χ2v) is 8.80. The summed E-state index contributed by atoms with van der Waals surface area (Å²) in [5.41, 5.74) is 2.50. The molecule has 1 aliphatic carbocycles. The summed E-state index contributed by atoms with van der Waals surface area (Å²) in [6.07, 6.45) is 2.27. The van der Waals surface area contributed by atoms with E-state index in [9.17, 15) is 17.6 Å². The number of sulfone groups is 1. The van der Waals surface area contributed by atoms with Crippen molar-refractivity contribution in [3.8, 4) is 0 Å². The zero-order chi connectivity index (χ0) is 17.1. The van der Waals surface area contributed by atoms with E-state index in [0.717, 1.165) is 12.1 Å². The molecule has 0 saturated heterocycles. The van der Waals surface area contributed by atoms with E-state index in [1.165, 1.54) is 18.2 Å². The molecule has 1 N–H and O–H groups in total. The lowest BCUT2D eigenvalue weighted by Gasteiger charge is -2.33. The summed E-state index contributed by atoms with van der Waals surface area (Å²) in [5.74, 6) is -1.27. The fourth-order valence-corrected chi connectivity index (χ4v) is 5.81. The van der Waals surface area contributed by atoms with Crippen molar-refractivity contribution < 1.29 is 17.6 Å². The third-order valence-corrected chi connectivity index (χ3v) is 7.02. The first-order chi connectivity index (χ1) is 11.4. The summed E-state index contributed by atoms with van der Waals surface area (Å²) >= 11 is 5.90.